The van der Waals surface area contributed by atoms with Crippen molar-refractivity contribution in [3.8, 4) is 0 Å². The molecule has 0 aromatic heterocycles. The Hall–Kier alpha value is -5.87. The molecule has 1 N–H and O–H groups in total. The zero-order valence-electron chi connectivity index (χ0n) is 37.1. The normalized spacial score (nSPS) is 21.9. The highest BCUT2D eigenvalue weighted by atomic mass is 16.7. The number of methoxy groups -OCH3 is 1. The number of hydrogen-bond acceptors (Lipinski definition) is 13. The van der Waals surface area contributed by atoms with Gasteiger partial charge in [-0.3, -0.25) is 19.2 Å². The van der Waals surface area contributed by atoms with Gasteiger partial charge in [0.15, 0.2) is 24.0 Å². The van der Waals surface area contributed by atoms with E-state index in [4.69, 9.17) is 33.2 Å². The Morgan fingerprint density at radius 3 is 2.02 bits per heavy atom. The van der Waals surface area contributed by atoms with Crippen molar-refractivity contribution in [3.63, 3.8) is 0 Å². The number of nitrogens with zero attached hydrogens (tertiary/aromatic N) is 1. The van der Waals surface area contributed by atoms with Gasteiger partial charge in [-0.2, -0.15) is 0 Å². The van der Waals surface area contributed by atoms with E-state index in [1.54, 1.807) is 18.2 Å². The predicted octanol–water partition coefficient (Wildman–Crippen LogP) is 6.37. The quantitative estimate of drug-likeness (QED) is 0.0524. The predicted molar refractivity (Wildman–Crippen MR) is 238 cm³/mol. The summed E-state index contributed by atoms with van der Waals surface area (Å²) < 4.78 is 41.9. The molecule has 14 nitrogen and oxygen atoms in total. The van der Waals surface area contributed by atoms with E-state index < -0.39 is 78.3 Å². The average Bonchev–Trinajstić information content (AvgIpc) is 3.68. The lowest BCUT2D eigenvalue weighted by Gasteiger charge is -2.45. The number of rotatable bonds is 22. The van der Waals surface area contributed by atoms with Crippen LogP contribution in [0.4, 0.5) is 4.79 Å². The fourth-order valence-electron chi connectivity index (χ4n) is 7.97. The number of aryl methyl sites for hydroxylation is 1. The third kappa shape index (κ3) is 13.1. The van der Waals surface area contributed by atoms with Gasteiger partial charge >= 0.3 is 12.1 Å². The average molecular weight is 892 g/mol. The summed E-state index contributed by atoms with van der Waals surface area (Å²) in [6, 6.07) is 34.8. The van der Waals surface area contributed by atoms with Crippen LogP contribution >= 0.6 is 0 Å². The minimum Gasteiger partial charge on any atom is -0.453 e. The van der Waals surface area contributed by atoms with Gasteiger partial charge in [-0.25, -0.2) is 9.69 Å². The van der Waals surface area contributed by atoms with Crippen LogP contribution in [0, 0.1) is 12.8 Å². The number of imide groups is 1. The Balaban J connectivity index is 1.19. The molecular weight excluding hydrogens is 835 g/mol. The topological polar surface area (TPSA) is 173 Å². The summed E-state index contributed by atoms with van der Waals surface area (Å²) in [6.45, 7) is 4.40. The van der Waals surface area contributed by atoms with Gasteiger partial charge in [0.05, 0.1) is 31.8 Å². The summed E-state index contributed by atoms with van der Waals surface area (Å²) in [4.78, 5) is 68.7. The highest BCUT2D eigenvalue weighted by molar-refractivity contribution is 6.25. The van der Waals surface area contributed by atoms with Crippen molar-refractivity contribution >= 4 is 35.1 Å². The standard InChI is InChI=1S/C51H57NO13/c1-33-16-14-23-39(26-33)41(28-43(56)45(64-35(3)54)34(2)49(57)52-40(32-63-51(52)58)27-36-17-8-5-9-18-36)42(55)24-15-25-60-48-47(62-31-38-21-12-7-13-22-38)46(44(29-53)65-50(48)59-4)61-30-37-19-10-6-11-20-37/h5-14,16-23,26,28,34,40,44-48,50,53H,15,24-25,27,29-32H2,1-4H3. The van der Waals surface area contributed by atoms with Gasteiger partial charge in [-0.05, 0) is 55.0 Å². The van der Waals surface area contributed by atoms with Crippen LogP contribution in [0.3, 0.4) is 0 Å². The van der Waals surface area contributed by atoms with Crippen molar-refractivity contribution in [2.75, 3.05) is 26.9 Å². The number of amides is 2. The minimum absolute atomic E-state index is 0.0345. The number of allylic oxidation sites excluding steroid dienone is 1. The minimum atomic E-state index is -1.66. The molecule has 0 bridgehead atoms. The third-order valence-electron chi connectivity index (χ3n) is 11.3. The van der Waals surface area contributed by atoms with E-state index in [1.807, 2.05) is 104 Å². The molecule has 2 aliphatic rings. The smallest absolute Gasteiger partial charge is 0.416 e. The lowest BCUT2D eigenvalue weighted by molar-refractivity contribution is -0.319. The molecule has 0 radical (unpaired) electrons. The lowest BCUT2D eigenvalue weighted by atomic mass is 9.92. The summed E-state index contributed by atoms with van der Waals surface area (Å²) in [5.74, 6) is -4.12. The fraction of sp³-hybridized carbons (Fsp3) is 0.392. The molecule has 0 saturated carbocycles. The molecule has 4 aromatic carbocycles. The van der Waals surface area contributed by atoms with E-state index >= 15 is 0 Å². The molecule has 2 amide bonds. The van der Waals surface area contributed by atoms with Gasteiger partial charge < -0.3 is 38.3 Å². The highest BCUT2D eigenvalue weighted by Crippen LogP contribution is 2.31. The number of ether oxygens (including phenoxy) is 7. The molecule has 8 unspecified atom stereocenters. The van der Waals surface area contributed by atoms with E-state index in [2.05, 4.69) is 0 Å². The first-order valence-corrected chi connectivity index (χ1v) is 21.8. The van der Waals surface area contributed by atoms with Crippen molar-refractivity contribution in [2.24, 2.45) is 5.92 Å². The molecule has 2 saturated heterocycles. The van der Waals surface area contributed by atoms with Crippen molar-refractivity contribution in [2.45, 2.75) is 96.1 Å². The van der Waals surface area contributed by atoms with Gasteiger partial charge in [0.1, 0.15) is 31.0 Å². The molecule has 2 fully saturated rings. The van der Waals surface area contributed by atoms with Crippen LogP contribution in [0.15, 0.2) is 121 Å². The summed E-state index contributed by atoms with van der Waals surface area (Å²) >= 11 is 0. The Morgan fingerprint density at radius 2 is 1.43 bits per heavy atom. The van der Waals surface area contributed by atoms with Crippen LogP contribution in [0.2, 0.25) is 0 Å². The van der Waals surface area contributed by atoms with Crippen LogP contribution in [-0.4, -0.2) is 109 Å². The van der Waals surface area contributed by atoms with Gasteiger partial charge in [-0.15, -0.1) is 0 Å². The Kier molecular flexibility index (Phi) is 17.9. The zero-order valence-corrected chi connectivity index (χ0v) is 37.1. The number of hydrogen-bond donors (Lipinski definition) is 1. The number of aliphatic hydroxyl groups is 1. The molecule has 65 heavy (non-hydrogen) atoms. The molecule has 14 heteroatoms. The van der Waals surface area contributed by atoms with Crippen molar-refractivity contribution in [1.82, 2.24) is 4.90 Å². The largest absolute Gasteiger partial charge is 0.453 e. The molecule has 6 rings (SSSR count). The van der Waals surface area contributed by atoms with Crippen molar-refractivity contribution in [3.05, 3.63) is 149 Å². The van der Waals surface area contributed by atoms with E-state index in [9.17, 15) is 29.1 Å². The zero-order chi connectivity index (χ0) is 46.3. The number of carbonyl (C=O) groups excluding carboxylic acids is 5. The second kappa shape index (κ2) is 23.9. The van der Waals surface area contributed by atoms with E-state index in [0.29, 0.717) is 12.0 Å². The third-order valence-corrected chi connectivity index (χ3v) is 11.3. The van der Waals surface area contributed by atoms with Gasteiger partial charge in [0, 0.05) is 32.6 Å². The Morgan fingerprint density at radius 1 is 0.815 bits per heavy atom. The molecule has 2 aliphatic heterocycles. The first-order chi connectivity index (χ1) is 31.5. The summed E-state index contributed by atoms with van der Waals surface area (Å²) in [6.07, 6.45) is -5.14. The molecule has 2 heterocycles. The van der Waals surface area contributed by atoms with Crippen LogP contribution in [0.5, 0.6) is 0 Å². The van der Waals surface area contributed by atoms with E-state index in [1.165, 1.54) is 14.0 Å². The van der Waals surface area contributed by atoms with Gasteiger partial charge in [0.2, 0.25) is 5.91 Å². The summed E-state index contributed by atoms with van der Waals surface area (Å²) in [5, 5.41) is 10.4. The van der Waals surface area contributed by atoms with Crippen LogP contribution in [0.1, 0.15) is 54.5 Å². The molecule has 0 spiro atoms. The Labute approximate surface area is 379 Å². The monoisotopic (exact) mass is 891 g/mol. The maximum Gasteiger partial charge on any atom is 0.416 e. The molecule has 0 aliphatic carbocycles. The SMILES string of the molecule is COC1OC(CO)C(OCc2ccccc2)C(OCc2ccccc2)C1OCCCC(=O)C(=CC(=O)C(OC(C)=O)C(C)C(=O)N1C(=O)OCC1Cc1ccccc1)c1cccc(C)c1. The fourth-order valence-corrected chi connectivity index (χ4v) is 7.97. The van der Waals surface area contributed by atoms with E-state index in [0.717, 1.165) is 40.2 Å². The van der Waals surface area contributed by atoms with Crippen LogP contribution in [-0.2, 0) is 72.0 Å². The summed E-state index contributed by atoms with van der Waals surface area (Å²) in [7, 11) is 1.46. The number of ketones is 2. The number of cyclic esters (lactones) is 1. The van der Waals surface area contributed by atoms with Gasteiger partial charge in [0.25, 0.3) is 0 Å². The van der Waals surface area contributed by atoms with Crippen molar-refractivity contribution < 1.29 is 62.2 Å². The molecule has 4 aromatic rings. The number of aliphatic hydroxyl groups excluding tert-OH is 1. The molecular formula is C51H57NO13. The van der Waals surface area contributed by atoms with Crippen LogP contribution in [0.25, 0.3) is 5.57 Å². The Bertz CT molecular complexity index is 2230. The van der Waals surface area contributed by atoms with Crippen LogP contribution < -0.4 is 0 Å². The maximum absolute atomic E-state index is 14.2. The number of Topliss-reactive ketones (excluding diaryl/α,β-unsaturated/α-hetero) is 1. The first-order valence-electron chi connectivity index (χ1n) is 21.8. The number of esters is 1. The highest BCUT2D eigenvalue weighted by Gasteiger charge is 2.49. The van der Waals surface area contributed by atoms with Crippen molar-refractivity contribution in [1.29, 1.82) is 0 Å². The maximum atomic E-state index is 14.2. The number of benzene rings is 4. The molecule has 344 valence electrons. The van der Waals surface area contributed by atoms with Gasteiger partial charge in [-0.1, -0.05) is 121 Å². The lowest BCUT2D eigenvalue weighted by Crippen LogP contribution is -2.61. The second-order valence-electron chi connectivity index (χ2n) is 16.1. The molecule has 8 atom stereocenters. The van der Waals surface area contributed by atoms with E-state index in [-0.39, 0.29) is 51.4 Å². The number of carbonyl (C=O) groups is 5. The summed E-state index contributed by atoms with van der Waals surface area (Å²) in [5.41, 5.74) is 4.00. The second-order valence-corrected chi connectivity index (χ2v) is 16.1. The first kappa shape index (κ1) is 48.6.